The zero-order valence-electron chi connectivity index (χ0n) is 16.7. The second kappa shape index (κ2) is 10.1. The van der Waals surface area contributed by atoms with Crippen molar-refractivity contribution in [2.75, 3.05) is 39.4 Å². The topological polar surface area (TPSA) is 24.5 Å². The van der Waals surface area contributed by atoms with Crippen LogP contribution in [-0.2, 0) is 4.74 Å². The van der Waals surface area contributed by atoms with E-state index in [0.717, 1.165) is 52.2 Å². The van der Waals surface area contributed by atoms with Gasteiger partial charge in [-0.2, -0.15) is 0 Å². The fourth-order valence-corrected chi connectivity index (χ4v) is 5.08. The Bertz CT molecular complexity index is 864. The van der Waals surface area contributed by atoms with Gasteiger partial charge in [-0.05, 0) is 51.9 Å². The van der Waals surface area contributed by atoms with Crippen LogP contribution in [0.3, 0.4) is 0 Å². The lowest BCUT2D eigenvalue weighted by atomic mass is 9.81. The predicted octanol–water partition coefficient (Wildman–Crippen LogP) is 5.21. The van der Waals surface area contributed by atoms with E-state index in [9.17, 15) is 0 Å². The fraction of sp³-hybridized carbons (Fsp3) is 0.417. The summed E-state index contributed by atoms with van der Waals surface area (Å²) in [5.41, 5.74) is 1.54. The first kappa shape index (κ1) is 22.3. The number of fused-ring (bicyclic) bond motifs is 2. The van der Waals surface area contributed by atoms with E-state index >= 15 is 0 Å². The quantitative estimate of drug-likeness (QED) is 0.574. The Morgan fingerprint density at radius 1 is 0.828 bits per heavy atom. The molecule has 29 heavy (non-hydrogen) atoms. The number of rotatable bonds is 3. The molecule has 2 aliphatic heterocycles. The molecule has 2 fully saturated rings. The molecule has 0 radical (unpaired) electrons. The van der Waals surface area contributed by atoms with Gasteiger partial charge in [-0.3, -0.25) is 4.90 Å². The third kappa shape index (κ3) is 4.40. The molecular formula is C24H30Cl2N2O. The molecule has 2 saturated heterocycles. The number of hydrogen-bond donors (Lipinski definition) is 1. The third-order valence-corrected chi connectivity index (χ3v) is 6.37. The number of benzene rings is 3. The highest BCUT2D eigenvalue weighted by atomic mass is 35.5. The van der Waals surface area contributed by atoms with Crippen molar-refractivity contribution in [1.82, 2.24) is 10.2 Å². The number of halogens is 2. The van der Waals surface area contributed by atoms with Crippen LogP contribution in [0.2, 0.25) is 0 Å². The van der Waals surface area contributed by atoms with Crippen molar-refractivity contribution >= 4 is 46.4 Å². The van der Waals surface area contributed by atoms with E-state index in [2.05, 4.69) is 64.8 Å². The lowest BCUT2D eigenvalue weighted by molar-refractivity contribution is 0.0221. The van der Waals surface area contributed by atoms with Crippen molar-refractivity contribution in [3.63, 3.8) is 0 Å². The number of nitrogens with zero attached hydrogens (tertiary/aromatic N) is 1. The molecule has 3 aromatic rings. The molecule has 0 amide bonds. The van der Waals surface area contributed by atoms with E-state index < -0.39 is 0 Å². The van der Waals surface area contributed by atoms with Crippen molar-refractivity contribution in [2.45, 2.75) is 18.9 Å². The van der Waals surface area contributed by atoms with Crippen LogP contribution in [0.25, 0.3) is 21.5 Å². The highest BCUT2D eigenvalue weighted by molar-refractivity contribution is 6.02. The summed E-state index contributed by atoms with van der Waals surface area (Å²) in [5, 5.41) is 9.10. The Hall–Kier alpha value is -1.36. The van der Waals surface area contributed by atoms with E-state index in [1.807, 2.05) is 0 Å². The van der Waals surface area contributed by atoms with Crippen molar-refractivity contribution in [2.24, 2.45) is 5.92 Å². The summed E-state index contributed by atoms with van der Waals surface area (Å²) in [6.45, 7) is 6.22. The highest BCUT2D eigenvalue weighted by Gasteiger charge is 2.33. The van der Waals surface area contributed by atoms with Crippen LogP contribution in [0.1, 0.15) is 24.4 Å². The molecule has 0 unspecified atom stereocenters. The standard InChI is InChI=1S/C24H28N2O.2ClH/c1-3-7-21-19(5-1)17-20-6-2-4-8-22(20)23(21)24(18-9-15-27-16-10-18)26-13-11-25-12-14-26;;/h1-8,17-18,24-25H,9-16H2;2*1H/t24-;;/m1../s1. The maximum atomic E-state index is 5.72. The summed E-state index contributed by atoms with van der Waals surface area (Å²) in [5.74, 6) is 0.658. The van der Waals surface area contributed by atoms with Crippen LogP contribution in [-0.4, -0.2) is 44.3 Å². The summed E-state index contributed by atoms with van der Waals surface area (Å²) in [7, 11) is 0. The van der Waals surface area contributed by atoms with Crippen molar-refractivity contribution in [3.8, 4) is 0 Å². The minimum atomic E-state index is 0. The summed E-state index contributed by atoms with van der Waals surface area (Å²) in [6.07, 6.45) is 2.32. The second-order valence-electron chi connectivity index (χ2n) is 7.91. The van der Waals surface area contributed by atoms with Crippen LogP contribution in [0.4, 0.5) is 0 Å². The van der Waals surface area contributed by atoms with Gasteiger partial charge in [-0.25, -0.2) is 0 Å². The van der Waals surface area contributed by atoms with E-state index in [4.69, 9.17) is 4.74 Å². The second-order valence-corrected chi connectivity index (χ2v) is 7.91. The average molecular weight is 433 g/mol. The van der Waals surface area contributed by atoms with Crippen LogP contribution in [0.15, 0.2) is 54.6 Å². The van der Waals surface area contributed by atoms with Crippen molar-refractivity contribution in [3.05, 3.63) is 60.2 Å². The van der Waals surface area contributed by atoms with E-state index in [1.54, 1.807) is 0 Å². The molecule has 0 spiro atoms. The Labute approximate surface area is 185 Å². The van der Waals surface area contributed by atoms with Crippen LogP contribution >= 0.6 is 24.8 Å². The lowest BCUT2D eigenvalue weighted by Crippen LogP contribution is -2.47. The fourth-order valence-electron chi connectivity index (χ4n) is 5.08. The molecule has 156 valence electrons. The predicted molar refractivity (Wildman–Crippen MR) is 127 cm³/mol. The van der Waals surface area contributed by atoms with Crippen LogP contribution < -0.4 is 5.32 Å². The first-order chi connectivity index (χ1) is 13.4. The summed E-state index contributed by atoms with van der Waals surface area (Å²) in [4.78, 5) is 2.74. The summed E-state index contributed by atoms with van der Waals surface area (Å²) >= 11 is 0. The Morgan fingerprint density at radius 3 is 1.97 bits per heavy atom. The van der Waals surface area contributed by atoms with Gasteiger partial charge in [0.2, 0.25) is 0 Å². The Balaban J connectivity index is 0.00000120. The van der Waals surface area contributed by atoms with E-state index in [0.29, 0.717) is 12.0 Å². The van der Waals surface area contributed by atoms with Gasteiger partial charge in [0.15, 0.2) is 0 Å². The van der Waals surface area contributed by atoms with Gasteiger partial charge < -0.3 is 10.1 Å². The SMILES string of the molecule is Cl.Cl.c1ccc2c([C@@H](C3CCOCC3)N3CCNCC3)c3ccccc3cc2c1. The normalized spacial score (nSPS) is 19.4. The maximum Gasteiger partial charge on any atom is 0.0469 e. The molecule has 0 saturated carbocycles. The minimum Gasteiger partial charge on any atom is -0.381 e. The Morgan fingerprint density at radius 2 is 1.38 bits per heavy atom. The monoisotopic (exact) mass is 432 g/mol. The van der Waals surface area contributed by atoms with Gasteiger partial charge in [-0.15, -0.1) is 24.8 Å². The smallest absolute Gasteiger partial charge is 0.0469 e. The molecule has 0 aliphatic carbocycles. The number of hydrogen-bond acceptors (Lipinski definition) is 3. The van der Waals surface area contributed by atoms with Gasteiger partial charge in [-0.1, -0.05) is 48.5 Å². The first-order valence-corrected chi connectivity index (χ1v) is 10.3. The molecule has 2 aliphatic rings. The number of nitrogens with one attached hydrogen (secondary N) is 1. The molecule has 3 nitrogen and oxygen atoms in total. The zero-order chi connectivity index (χ0) is 18.1. The molecule has 5 rings (SSSR count). The van der Waals surface area contributed by atoms with Gasteiger partial charge in [0.1, 0.15) is 0 Å². The van der Waals surface area contributed by atoms with Crippen LogP contribution in [0, 0.1) is 5.92 Å². The zero-order valence-corrected chi connectivity index (χ0v) is 18.3. The third-order valence-electron chi connectivity index (χ3n) is 6.37. The average Bonchev–Trinajstić information content (AvgIpc) is 2.75. The van der Waals surface area contributed by atoms with E-state index in [1.165, 1.54) is 27.1 Å². The molecule has 1 N–H and O–H groups in total. The van der Waals surface area contributed by atoms with Crippen molar-refractivity contribution < 1.29 is 4.74 Å². The van der Waals surface area contributed by atoms with Crippen LogP contribution in [0.5, 0.6) is 0 Å². The maximum absolute atomic E-state index is 5.72. The van der Waals surface area contributed by atoms with Gasteiger partial charge in [0.25, 0.3) is 0 Å². The largest absolute Gasteiger partial charge is 0.381 e. The molecule has 0 bridgehead atoms. The summed E-state index contributed by atoms with van der Waals surface area (Å²) in [6, 6.07) is 20.7. The van der Waals surface area contributed by atoms with Crippen molar-refractivity contribution in [1.29, 1.82) is 0 Å². The highest BCUT2D eigenvalue weighted by Crippen LogP contribution is 2.42. The van der Waals surface area contributed by atoms with E-state index in [-0.39, 0.29) is 24.8 Å². The van der Waals surface area contributed by atoms with Gasteiger partial charge in [0, 0.05) is 45.4 Å². The molecule has 2 heterocycles. The Kier molecular flexibility index (Phi) is 7.78. The number of ether oxygens (including phenoxy) is 1. The molecular weight excluding hydrogens is 403 g/mol. The molecule has 0 aromatic heterocycles. The van der Waals surface area contributed by atoms with Gasteiger partial charge >= 0.3 is 0 Å². The minimum absolute atomic E-state index is 0. The summed E-state index contributed by atoms with van der Waals surface area (Å²) < 4.78 is 5.72. The lowest BCUT2D eigenvalue weighted by Gasteiger charge is -2.42. The molecule has 5 heteroatoms. The number of piperazine rings is 1. The molecule has 3 aromatic carbocycles. The first-order valence-electron chi connectivity index (χ1n) is 10.3. The van der Waals surface area contributed by atoms with Gasteiger partial charge in [0.05, 0.1) is 0 Å². The molecule has 1 atom stereocenters.